The molecule has 1 aromatic rings. The molecule has 0 heterocycles. The van der Waals surface area contributed by atoms with Crippen LogP contribution in [-0.4, -0.2) is 11.8 Å². The van der Waals surface area contributed by atoms with Crippen LogP contribution in [-0.2, 0) is 4.79 Å². The van der Waals surface area contributed by atoms with E-state index in [1.54, 1.807) is 0 Å². The monoisotopic (exact) mass is 247 g/mol. The average molecular weight is 247 g/mol. The first kappa shape index (κ1) is 14.4. The van der Waals surface area contributed by atoms with Crippen LogP contribution in [0, 0.1) is 0 Å². The number of rotatable bonds is 7. The van der Waals surface area contributed by atoms with E-state index in [-0.39, 0.29) is 18.1 Å². The highest BCUT2D eigenvalue weighted by atomic mass is 16.4. The Morgan fingerprint density at radius 1 is 1.17 bits per heavy atom. The molecule has 0 N–H and O–H groups in total. The molecule has 0 unspecified atom stereocenters. The predicted octanol–water partition coefficient (Wildman–Crippen LogP) is 2.30. The fourth-order valence-electron chi connectivity index (χ4n) is 1.87. The number of hydrogen-bond acceptors (Lipinski definition) is 3. The maximum atomic E-state index is 11.7. The van der Waals surface area contributed by atoms with E-state index < -0.39 is 5.97 Å². The lowest BCUT2D eigenvalue weighted by molar-refractivity contribution is -0.305. The van der Waals surface area contributed by atoms with Gasteiger partial charge in [0.1, 0.15) is 0 Å². The SMILES string of the molecule is CCCC(=O)c1ccc([C@@H](C)CCC(=O)[O-])cc1. The van der Waals surface area contributed by atoms with Crippen molar-refractivity contribution >= 4 is 11.8 Å². The molecule has 1 rings (SSSR count). The number of ketones is 1. The fourth-order valence-corrected chi connectivity index (χ4v) is 1.87. The Hall–Kier alpha value is -1.64. The van der Waals surface area contributed by atoms with Crippen LogP contribution in [0.2, 0.25) is 0 Å². The van der Waals surface area contributed by atoms with Crippen molar-refractivity contribution in [2.24, 2.45) is 0 Å². The Balaban J connectivity index is 2.64. The van der Waals surface area contributed by atoms with Crippen LogP contribution in [0.25, 0.3) is 0 Å². The van der Waals surface area contributed by atoms with Crippen LogP contribution in [0.4, 0.5) is 0 Å². The van der Waals surface area contributed by atoms with E-state index in [2.05, 4.69) is 0 Å². The summed E-state index contributed by atoms with van der Waals surface area (Å²) in [5, 5.41) is 10.4. The summed E-state index contributed by atoms with van der Waals surface area (Å²) in [6, 6.07) is 7.46. The zero-order chi connectivity index (χ0) is 13.5. The van der Waals surface area contributed by atoms with E-state index in [0.29, 0.717) is 12.8 Å². The molecule has 0 aliphatic rings. The number of aliphatic carboxylic acids is 1. The summed E-state index contributed by atoms with van der Waals surface area (Å²) in [5.41, 5.74) is 1.79. The molecule has 0 aliphatic heterocycles. The Labute approximate surface area is 108 Å². The van der Waals surface area contributed by atoms with Gasteiger partial charge in [-0.25, -0.2) is 0 Å². The van der Waals surface area contributed by atoms with Gasteiger partial charge in [0.25, 0.3) is 0 Å². The topological polar surface area (TPSA) is 57.2 Å². The summed E-state index contributed by atoms with van der Waals surface area (Å²) >= 11 is 0. The van der Waals surface area contributed by atoms with Crippen LogP contribution in [0.1, 0.15) is 61.4 Å². The van der Waals surface area contributed by atoms with Crippen LogP contribution < -0.4 is 5.11 Å². The Kier molecular flexibility index (Phi) is 5.56. The van der Waals surface area contributed by atoms with Gasteiger partial charge in [-0.3, -0.25) is 4.79 Å². The van der Waals surface area contributed by atoms with Crippen molar-refractivity contribution in [1.29, 1.82) is 0 Å². The van der Waals surface area contributed by atoms with E-state index in [4.69, 9.17) is 0 Å². The lowest BCUT2D eigenvalue weighted by atomic mass is 9.94. The summed E-state index contributed by atoms with van der Waals surface area (Å²) < 4.78 is 0. The summed E-state index contributed by atoms with van der Waals surface area (Å²) in [6.07, 6.45) is 2.05. The summed E-state index contributed by atoms with van der Waals surface area (Å²) in [5.74, 6) is -0.693. The molecule has 18 heavy (non-hydrogen) atoms. The van der Waals surface area contributed by atoms with Gasteiger partial charge in [-0.05, 0) is 30.7 Å². The van der Waals surface area contributed by atoms with Crippen molar-refractivity contribution in [2.75, 3.05) is 0 Å². The van der Waals surface area contributed by atoms with Crippen molar-refractivity contribution in [1.82, 2.24) is 0 Å². The second-order valence-electron chi connectivity index (χ2n) is 4.61. The first-order valence-electron chi connectivity index (χ1n) is 6.37. The second kappa shape index (κ2) is 6.94. The van der Waals surface area contributed by atoms with Gasteiger partial charge in [-0.15, -0.1) is 0 Å². The molecule has 0 bridgehead atoms. The molecular formula is C15H19O3-. The maximum Gasteiger partial charge on any atom is 0.162 e. The molecule has 1 aromatic carbocycles. The van der Waals surface area contributed by atoms with Gasteiger partial charge in [-0.1, -0.05) is 38.1 Å². The third kappa shape index (κ3) is 4.32. The third-order valence-electron chi connectivity index (χ3n) is 3.06. The third-order valence-corrected chi connectivity index (χ3v) is 3.06. The first-order valence-corrected chi connectivity index (χ1v) is 6.37. The molecule has 1 atom stereocenters. The molecule has 0 aliphatic carbocycles. The van der Waals surface area contributed by atoms with Gasteiger partial charge in [0.05, 0.1) is 0 Å². The molecule has 0 spiro atoms. The lowest BCUT2D eigenvalue weighted by Crippen LogP contribution is -2.22. The molecule has 3 heteroatoms. The number of hydrogen-bond donors (Lipinski definition) is 0. The molecule has 3 nitrogen and oxygen atoms in total. The molecular weight excluding hydrogens is 228 g/mol. The fraction of sp³-hybridized carbons (Fsp3) is 0.467. The number of Topliss-reactive ketones (excluding diaryl/α,β-unsaturated/α-hetero) is 1. The van der Waals surface area contributed by atoms with Crippen molar-refractivity contribution in [3.63, 3.8) is 0 Å². The number of benzene rings is 1. The maximum absolute atomic E-state index is 11.7. The van der Waals surface area contributed by atoms with Crippen molar-refractivity contribution in [3.05, 3.63) is 35.4 Å². The van der Waals surface area contributed by atoms with Gasteiger partial charge in [0, 0.05) is 18.0 Å². The minimum atomic E-state index is -1.02. The summed E-state index contributed by atoms with van der Waals surface area (Å²) in [7, 11) is 0. The minimum absolute atomic E-state index is 0.0671. The Bertz CT molecular complexity index is 406. The van der Waals surface area contributed by atoms with Gasteiger partial charge in [0.15, 0.2) is 5.78 Å². The lowest BCUT2D eigenvalue weighted by Gasteiger charge is -2.12. The smallest absolute Gasteiger partial charge is 0.162 e. The van der Waals surface area contributed by atoms with E-state index in [1.165, 1.54) is 0 Å². The summed E-state index contributed by atoms with van der Waals surface area (Å²) in [4.78, 5) is 22.0. The number of carboxylic acids is 1. The van der Waals surface area contributed by atoms with Crippen LogP contribution in [0.15, 0.2) is 24.3 Å². The summed E-state index contributed by atoms with van der Waals surface area (Å²) in [6.45, 7) is 3.96. The van der Waals surface area contributed by atoms with Crippen LogP contribution >= 0.6 is 0 Å². The minimum Gasteiger partial charge on any atom is -0.550 e. The van der Waals surface area contributed by atoms with Crippen molar-refractivity contribution in [2.45, 2.75) is 45.4 Å². The van der Waals surface area contributed by atoms with Crippen LogP contribution in [0.5, 0.6) is 0 Å². The zero-order valence-electron chi connectivity index (χ0n) is 10.9. The highest BCUT2D eigenvalue weighted by molar-refractivity contribution is 5.96. The van der Waals surface area contributed by atoms with E-state index in [9.17, 15) is 14.7 Å². The standard InChI is InChI=1S/C15H20O3/c1-3-4-14(16)13-8-6-12(7-9-13)11(2)5-10-15(17)18/h6-9,11H,3-5,10H2,1-2H3,(H,17,18)/p-1/t11-/m0/s1. The number of carboxylic acid groups (broad SMARTS) is 1. The molecule has 0 saturated carbocycles. The van der Waals surface area contributed by atoms with Crippen molar-refractivity contribution < 1.29 is 14.7 Å². The molecule has 0 amide bonds. The zero-order valence-corrected chi connectivity index (χ0v) is 10.9. The van der Waals surface area contributed by atoms with Gasteiger partial charge in [0.2, 0.25) is 0 Å². The van der Waals surface area contributed by atoms with Gasteiger partial charge < -0.3 is 9.90 Å². The Morgan fingerprint density at radius 3 is 2.28 bits per heavy atom. The molecule has 0 radical (unpaired) electrons. The number of carbonyl (C=O) groups excluding carboxylic acids is 2. The van der Waals surface area contributed by atoms with Crippen molar-refractivity contribution in [3.8, 4) is 0 Å². The quantitative estimate of drug-likeness (QED) is 0.695. The number of carbonyl (C=O) groups is 2. The molecule has 0 aromatic heterocycles. The highest BCUT2D eigenvalue weighted by Gasteiger charge is 2.08. The van der Waals surface area contributed by atoms with E-state index >= 15 is 0 Å². The first-order chi connectivity index (χ1) is 8.54. The van der Waals surface area contributed by atoms with E-state index in [1.807, 2.05) is 38.1 Å². The molecule has 0 fully saturated rings. The Morgan fingerprint density at radius 2 is 1.78 bits per heavy atom. The second-order valence-corrected chi connectivity index (χ2v) is 4.61. The van der Waals surface area contributed by atoms with Gasteiger partial charge >= 0.3 is 0 Å². The average Bonchev–Trinajstić information content (AvgIpc) is 2.36. The highest BCUT2D eigenvalue weighted by Crippen LogP contribution is 2.21. The van der Waals surface area contributed by atoms with Crippen LogP contribution in [0.3, 0.4) is 0 Å². The van der Waals surface area contributed by atoms with E-state index in [0.717, 1.165) is 17.5 Å². The largest absolute Gasteiger partial charge is 0.550 e. The van der Waals surface area contributed by atoms with Gasteiger partial charge in [-0.2, -0.15) is 0 Å². The predicted molar refractivity (Wildman–Crippen MR) is 68.3 cm³/mol. The normalized spacial score (nSPS) is 12.1. The molecule has 98 valence electrons. The molecule has 0 saturated heterocycles.